The number of hydrogen-bond donors (Lipinski definition) is 1. The van der Waals surface area contributed by atoms with Crippen LogP contribution in [0.2, 0.25) is 0 Å². The predicted molar refractivity (Wildman–Crippen MR) is 77.6 cm³/mol. The summed E-state index contributed by atoms with van der Waals surface area (Å²) in [6.07, 6.45) is 3.58. The Hall–Kier alpha value is -1.86. The molecular formula is C16H21N3O. The van der Waals surface area contributed by atoms with E-state index in [1.54, 1.807) is 11.0 Å². The summed E-state index contributed by atoms with van der Waals surface area (Å²) in [5, 5.41) is 9.13. The summed E-state index contributed by atoms with van der Waals surface area (Å²) in [6, 6.07) is 9.57. The van der Waals surface area contributed by atoms with Crippen LogP contribution in [0.4, 0.5) is 0 Å². The second-order valence-corrected chi connectivity index (χ2v) is 5.45. The Labute approximate surface area is 120 Å². The van der Waals surface area contributed by atoms with Gasteiger partial charge in [0.15, 0.2) is 0 Å². The van der Waals surface area contributed by atoms with Crippen LogP contribution < -0.4 is 5.73 Å². The molecule has 106 valence electrons. The zero-order valence-electron chi connectivity index (χ0n) is 11.9. The van der Waals surface area contributed by atoms with Crippen LogP contribution in [0.3, 0.4) is 0 Å². The summed E-state index contributed by atoms with van der Waals surface area (Å²) in [4.78, 5) is 14.4. The first-order chi connectivity index (χ1) is 9.60. The maximum Gasteiger partial charge on any atom is 0.242 e. The smallest absolute Gasteiger partial charge is 0.242 e. The van der Waals surface area contributed by atoms with E-state index in [2.05, 4.69) is 6.07 Å². The van der Waals surface area contributed by atoms with Crippen LogP contribution in [0.25, 0.3) is 0 Å². The number of nitrogens with two attached hydrogens (primary N) is 1. The number of rotatable bonds is 4. The zero-order valence-corrected chi connectivity index (χ0v) is 11.9. The summed E-state index contributed by atoms with van der Waals surface area (Å²) in [5.41, 5.74) is 7.05. The van der Waals surface area contributed by atoms with Gasteiger partial charge < -0.3 is 10.6 Å². The van der Waals surface area contributed by atoms with Crippen LogP contribution in [-0.4, -0.2) is 22.9 Å². The number of carbonyl (C=O) groups excluding carboxylic acids is 1. The molecule has 4 heteroatoms. The van der Waals surface area contributed by atoms with Gasteiger partial charge in [-0.25, -0.2) is 0 Å². The fourth-order valence-corrected chi connectivity index (χ4v) is 2.83. The van der Waals surface area contributed by atoms with Crippen molar-refractivity contribution in [3.05, 3.63) is 35.4 Å². The van der Waals surface area contributed by atoms with Crippen molar-refractivity contribution in [3.63, 3.8) is 0 Å². The molecule has 4 nitrogen and oxygen atoms in total. The molecule has 1 saturated carbocycles. The van der Waals surface area contributed by atoms with Gasteiger partial charge in [-0.1, -0.05) is 31.0 Å². The molecule has 2 N–H and O–H groups in total. The minimum absolute atomic E-state index is 0.0187. The number of carbonyl (C=O) groups is 1. The second kappa shape index (κ2) is 6.06. The van der Waals surface area contributed by atoms with Gasteiger partial charge in [-0.2, -0.15) is 5.26 Å². The van der Waals surface area contributed by atoms with Crippen LogP contribution in [-0.2, 0) is 11.3 Å². The third kappa shape index (κ3) is 2.83. The Morgan fingerprint density at radius 2 is 2.05 bits per heavy atom. The number of nitrogens with zero attached hydrogens (tertiary/aromatic N) is 2. The highest BCUT2D eigenvalue weighted by atomic mass is 16.2. The fourth-order valence-electron chi connectivity index (χ4n) is 2.83. The van der Waals surface area contributed by atoms with Gasteiger partial charge in [0.2, 0.25) is 5.91 Å². The van der Waals surface area contributed by atoms with Crippen molar-refractivity contribution in [2.75, 3.05) is 6.54 Å². The minimum atomic E-state index is -0.697. The van der Waals surface area contributed by atoms with E-state index >= 15 is 0 Å². The van der Waals surface area contributed by atoms with Gasteiger partial charge in [-0.3, -0.25) is 4.79 Å². The SMILES string of the molecule is CCN(Cc1ccccc1C#N)C(=O)C1(N)CCCC1. The Morgan fingerprint density at radius 3 is 2.65 bits per heavy atom. The van der Waals surface area contributed by atoms with Crippen molar-refractivity contribution >= 4 is 5.91 Å². The molecule has 20 heavy (non-hydrogen) atoms. The van der Waals surface area contributed by atoms with Crippen LogP contribution >= 0.6 is 0 Å². The lowest BCUT2D eigenvalue weighted by molar-refractivity contribution is -0.137. The number of amides is 1. The lowest BCUT2D eigenvalue weighted by Gasteiger charge is -2.31. The fraction of sp³-hybridized carbons (Fsp3) is 0.500. The molecule has 0 heterocycles. The van der Waals surface area contributed by atoms with Crippen molar-refractivity contribution < 1.29 is 4.79 Å². The average Bonchev–Trinajstić information content (AvgIpc) is 2.92. The van der Waals surface area contributed by atoms with Gasteiger partial charge >= 0.3 is 0 Å². The summed E-state index contributed by atoms with van der Waals surface area (Å²) in [5.74, 6) is 0.0187. The van der Waals surface area contributed by atoms with Gasteiger partial charge in [-0.15, -0.1) is 0 Å². The molecule has 0 aromatic heterocycles. The van der Waals surface area contributed by atoms with Gasteiger partial charge in [0, 0.05) is 13.1 Å². The molecule has 0 spiro atoms. The standard InChI is InChI=1S/C16H21N3O/c1-2-19(15(20)16(18)9-5-6-10-16)12-14-8-4-3-7-13(14)11-17/h3-4,7-8H,2,5-6,9-10,12,18H2,1H3. The number of likely N-dealkylation sites (N-methyl/N-ethyl adjacent to an activating group) is 1. The quantitative estimate of drug-likeness (QED) is 0.912. The molecule has 0 saturated heterocycles. The molecule has 0 aliphatic heterocycles. The van der Waals surface area contributed by atoms with Crippen LogP contribution in [0.1, 0.15) is 43.7 Å². The zero-order chi connectivity index (χ0) is 14.6. The molecule has 1 aromatic rings. The van der Waals surface area contributed by atoms with E-state index in [0.717, 1.165) is 31.2 Å². The number of benzene rings is 1. The van der Waals surface area contributed by atoms with Gasteiger partial charge in [-0.05, 0) is 31.4 Å². The van der Waals surface area contributed by atoms with Crippen LogP contribution in [0.15, 0.2) is 24.3 Å². The van der Waals surface area contributed by atoms with E-state index in [1.165, 1.54) is 0 Å². The van der Waals surface area contributed by atoms with Crippen LogP contribution in [0, 0.1) is 11.3 Å². The maximum absolute atomic E-state index is 12.6. The maximum atomic E-state index is 12.6. The predicted octanol–water partition coefficient (Wildman–Crippen LogP) is 2.18. The Bertz CT molecular complexity index is 527. The summed E-state index contributed by atoms with van der Waals surface area (Å²) in [6.45, 7) is 3.01. The second-order valence-electron chi connectivity index (χ2n) is 5.45. The highest BCUT2D eigenvalue weighted by Crippen LogP contribution is 2.29. The topological polar surface area (TPSA) is 70.1 Å². The first-order valence-electron chi connectivity index (χ1n) is 7.17. The highest BCUT2D eigenvalue weighted by molar-refractivity contribution is 5.86. The van der Waals surface area contributed by atoms with E-state index in [1.807, 2.05) is 25.1 Å². The molecular weight excluding hydrogens is 250 g/mol. The monoisotopic (exact) mass is 271 g/mol. The van der Waals surface area contributed by atoms with Gasteiger partial charge in [0.1, 0.15) is 0 Å². The summed E-state index contributed by atoms with van der Waals surface area (Å²) >= 11 is 0. The van der Waals surface area contributed by atoms with Crippen molar-refractivity contribution in [3.8, 4) is 6.07 Å². The van der Waals surface area contributed by atoms with Crippen molar-refractivity contribution in [1.82, 2.24) is 4.90 Å². The number of hydrogen-bond acceptors (Lipinski definition) is 3. The third-order valence-electron chi connectivity index (χ3n) is 4.09. The molecule has 1 aliphatic rings. The van der Waals surface area contributed by atoms with E-state index in [0.29, 0.717) is 18.7 Å². The Balaban J connectivity index is 2.17. The van der Waals surface area contributed by atoms with Crippen molar-refractivity contribution in [2.45, 2.75) is 44.7 Å². The molecule has 1 aromatic carbocycles. The lowest BCUT2D eigenvalue weighted by Crippen LogP contribution is -2.53. The summed E-state index contributed by atoms with van der Waals surface area (Å²) in [7, 11) is 0. The Morgan fingerprint density at radius 1 is 1.40 bits per heavy atom. The molecule has 0 bridgehead atoms. The molecule has 1 aliphatic carbocycles. The molecule has 2 rings (SSSR count). The van der Waals surface area contributed by atoms with Crippen LogP contribution in [0.5, 0.6) is 0 Å². The molecule has 1 fully saturated rings. The van der Waals surface area contributed by atoms with Crippen molar-refractivity contribution in [1.29, 1.82) is 5.26 Å². The van der Waals surface area contributed by atoms with Gasteiger partial charge in [0.05, 0.1) is 17.2 Å². The number of nitriles is 1. The molecule has 1 amide bonds. The van der Waals surface area contributed by atoms with E-state index in [-0.39, 0.29) is 5.91 Å². The van der Waals surface area contributed by atoms with E-state index in [9.17, 15) is 4.79 Å². The van der Waals surface area contributed by atoms with E-state index < -0.39 is 5.54 Å². The molecule has 0 atom stereocenters. The summed E-state index contributed by atoms with van der Waals surface area (Å²) < 4.78 is 0. The lowest BCUT2D eigenvalue weighted by atomic mass is 9.96. The average molecular weight is 271 g/mol. The highest BCUT2D eigenvalue weighted by Gasteiger charge is 2.39. The molecule has 0 radical (unpaired) electrons. The largest absolute Gasteiger partial charge is 0.337 e. The Kier molecular flexibility index (Phi) is 4.41. The normalized spacial score (nSPS) is 16.6. The van der Waals surface area contributed by atoms with Gasteiger partial charge in [0.25, 0.3) is 0 Å². The first kappa shape index (κ1) is 14.5. The minimum Gasteiger partial charge on any atom is -0.337 e. The molecule has 0 unspecified atom stereocenters. The van der Waals surface area contributed by atoms with E-state index in [4.69, 9.17) is 11.0 Å². The van der Waals surface area contributed by atoms with Crippen molar-refractivity contribution in [2.24, 2.45) is 5.73 Å². The third-order valence-corrected chi connectivity index (χ3v) is 4.09. The first-order valence-corrected chi connectivity index (χ1v) is 7.17.